The molecule has 0 heterocycles. The van der Waals surface area contributed by atoms with Gasteiger partial charge < -0.3 is 5.32 Å². The molecule has 0 saturated heterocycles. The quantitative estimate of drug-likeness (QED) is 0.899. The number of aryl methyl sites for hydroxylation is 1. The van der Waals surface area contributed by atoms with Gasteiger partial charge in [-0.3, -0.25) is 4.79 Å². The van der Waals surface area contributed by atoms with Gasteiger partial charge in [0.1, 0.15) is 0 Å². The first kappa shape index (κ1) is 12.9. The second kappa shape index (κ2) is 5.49. The van der Waals surface area contributed by atoms with Crippen molar-refractivity contribution in [2.75, 3.05) is 0 Å². The Morgan fingerprint density at radius 1 is 1.00 bits per heavy atom. The van der Waals surface area contributed by atoms with Crippen molar-refractivity contribution in [2.24, 2.45) is 5.92 Å². The lowest BCUT2D eigenvalue weighted by molar-refractivity contribution is -0.122. The third kappa shape index (κ3) is 2.90. The number of nitrogens with one attached hydrogen (secondary N) is 1. The number of rotatable bonds is 4. The largest absolute Gasteiger partial charge is 0.345 e. The SMILES string of the molecule is Cc1ccc([C@@H](NC(=O)C2CC2)c2ccccc2)cc1. The van der Waals surface area contributed by atoms with Gasteiger partial charge in [0.2, 0.25) is 5.91 Å². The normalized spacial score (nSPS) is 15.7. The minimum Gasteiger partial charge on any atom is -0.345 e. The van der Waals surface area contributed by atoms with Gasteiger partial charge in [0.25, 0.3) is 0 Å². The van der Waals surface area contributed by atoms with Crippen LogP contribution in [0.2, 0.25) is 0 Å². The van der Waals surface area contributed by atoms with Crippen molar-refractivity contribution in [2.45, 2.75) is 25.8 Å². The Bertz CT molecular complexity index is 585. The molecule has 0 aliphatic heterocycles. The molecular weight excluding hydrogens is 246 g/mol. The van der Waals surface area contributed by atoms with E-state index in [2.05, 4.69) is 48.6 Å². The molecule has 2 aromatic rings. The van der Waals surface area contributed by atoms with Crippen molar-refractivity contribution in [3.63, 3.8) is 0 Å². The highest BCUT2D eigenvalue weighted by atomic mass is 16.2. The van der Waals surface area contributed by atoms with Crippen molar-refractivity contribution in [3.8, 4) is 0 Å². The van der Waals surface area contributed by atoms with Gasteiger partial charge in [-0.25, -0.2) is 0 Å². The molecule has 1 saturated carbocycles. The first-order valence-corrected chi connectivity index (χ1v) is 7.16. The summed E-state index contributed by atoms with van der Waals surface area (Å²) in [7, 11) is 0. The van der Waals surface area contributed by atoms with Crippen LogP contribution in [0.4, 0.5) is 0 Å². The van der Waals surface area contributed by atoms with Gasteiger partial charge in [-0.1, -0.05) is 60.2 Å². The highest BCUT2D eigenvalue weighted by Gasteiger charge is 2.31. The Balaban J connectivity index is 1.90. The second-order valence-corrected chi connectivity index (χ2v) is 5.54. The number of carbonyl (C=O) groups is 1. The van der Waals surface area contributed by atoms with Crippen LogP contribution in [0.5, 0.6) is 0 Å². The summed E-state index contributed by atoms with van der Waals surface area (Å²) in [6.07, 6.45) is 2.06. The number of carbonyl (C=O) groups excluding carboxylic acids is 1. The van der Waals surface area contributed by atoms with Crippen LogP contribution < -0.4 is 5.32 Å². The predicted octanol–water partition coefficient (Wildman–Crippen LogP) is 3.61. The summed E-state index contributed by atoms with van der Waals surface area (Å²) in [5, 5.41) is 3.19. The summed E-state index contributed by atoms with van der Waals surface area (Å²) in [5.74, 6) is 0.408. The molecule has 0 bridgehead atoms. The minimum atomic E-state index is -0.0510. The van der Waals surface area contributed by atoms with Crippen LogP contribution in [0, 0.1) is 12.8 Å². The fourth-order valence-electron chi connectivity index (χ4n) is 2.37. The zero-order valence-electron chi connectivity index (χ0n) is 11.7. The molecule has 1 N–H and O–H groups in total. The molecule has 0 unspecified atom stereocenters. The summed E-state index contributed by atoms with van der Waals surface area (Å²) in [6.45, 7) is 2.07. The molecule has 0 spiro atoms. The highest BCUT2D eigenvalue weighted by molar-refractivity contribution is 5.81. The standard InChI is InChI=1S/C18H19NO/c1-13-7-9-15(10-8-13)17(14-5-3-2-4-6-14)19-18(20)16-11-12-16/h2-10,16-17H,11-12H2,1H3,(H,19,20)/t17-/m0/s1. The Hall–Kier alpha value is -2.09. The summed E-state index contributed by atoms with van der Waals surface area (Å²) < 4.78 is 0. The Morgan fingerprint density at radius 2 is 1.60 bits per heavy atom. The van der Waals surface area contributed by atoms with Gasteiger partial charge in [-0.2, -0.15) is 0 Å². The number of benzene rings is 2. The minimum absolute atomic E-state index is 0.0510. The third-order valence-corrected chi connectivity index (χ3v) is 3.78. The van der Waals surface area contributed by atoms with E-state index >= 15 is 0 Å². The van der Waals surface area contributed by atoms with E-state index in [4.69, 9.17) is 0 Å². The van der Waals surface area contributed by atoms with E-state index in [0.29, 0.717) is 0 Å². The fraction of sp³-hybridized carbons (Fsp3) is 0.278. The second-order valence-electron chi connectivity index (χ2n) is 5.54. The predicted molar refractivity (Wildman–Crippen MR) is 80.3 cm³/mol. The van der Waals surface area contributed by atoms with Crippen molar-refractivity contribution >= 4 is 5.91 Å². The molecule has 2 aromatic carbocycles. The van der Waals surface area contributed by atoms with E-state index in [9.17, 15) is 4.79 Å². The number of amides is 1. The van der Waals surface area contributed by atoms with Crippen LogP contribution in [0.15, 0.2) is 54.6 Å². The van der Waals surface area contributed by atoms with Crippen molar-refractivity contribution in [1.29, 1.82) is 0 Å². The average molecular weight is 265 g/mol. The molecule has 0 aromatic heterocycles. The zero-order valence-corrected chi connectivity index (χ0v) is 11.7. The van der Waals surface area contributed by atoms with Crippen LogP contribution in [-0.4, -0.2) is 5.91 Å². The van der Waals surface area contributed by atoms with Crippen molar-refractivity contribution in [1.82, 2.24) is 5.32 Å². The summed E-state index contributed by atoms with van der Waals surface area (Å²) >= 11 is 0. The van der Waals surface area contributed by atoms with Gasteiger partial charge in [0, 0.05) is 5.92 Å². The van der Waals surface area contributed by atoms with Crippen LogP contribution in [0.3, 0.4) is 0 Å². The molecule has 1 amide bonds. The maximum absolute atomic E-state index is 12.1. The molecule has 2 nitrogen and oxygen atoms in total. The van der Waals surface area contributed by atoms with E-state index in [1.165, 1.54) is 5.56 Å². The lowest BCUT2D eigenvalue weighted by atomic mass is 9.97. The third-order valence-electron chi connectivity index (χ3n) is 3.78. The fourth-order valence-corrected chi connectivity index (χ4v) is 2.37. The first-order valence-electron chi connectivity index (χ1n) is 7.16. The Morgan fingerprint density at radius 3 is 2.20 bits per heavy atom. The van der Waals surface area contributed by atoms with E-state index in [1.807, 2.05) is 18.2 Å². The van der Waals surface area contributed by atoms with Crippen LogP contribution >= 0.6 is 0 Å². The molecule has 0 radical (unpaired) electrons. The van der Waals surface area contributed by atoms with Crippen LogP contribution in [-0.2, 0) is 4.79 Å². The van der Waals surface area contributed by atoms with Crippen LogP contribution in [0.1, 0.15) is 35.6 Å². The summed E-state index contributed by atoms with van der Waals surface area (Å²) in [5.41, 5.74) is 3.50. The monoisotopic (exact) mass is 265 g/mol. The zero-order chi connectivity index (χ0) is 13.9. The van der Waals surface area contributed by atoms with E-state index in [1.54, 1.807) is 0 Å². The first-order chi connectivity index (χ1) is 9.74. The van der Waals surface area contributed by atoms with Gasteiger partial charge >= 0.3 is 0 Å². The smallest absolute Gasteiger partial charge is 0.223 e. The Kier molecular flexibility index (Phi) is 3.55. The van der Waals surface area contributed by atoms with Gasteiger partial charge in [-0.05, 0) is 30.9 Å². The molecule has 3 rings (SSSR count). The molecule has 2 heteroatoms. The lowest BCUT2D eigenvalue weighted by Gasteiger charge is -2.20. The van der Waals surface area contributed by atoms with Gasteiger partial charge in [0.05, 0.1) is 6.04 Å². The molecule has 1 fully saturated rings. The van der Waals surface area contributed by atoms with Gasteiger partial charge in [0.15, 0.2) is 0 Å². The molecular formula is C18H19NO. The maximum atomic E-state index is 12.1. The summed E-state index contributed by atoms with van der Waals surface area (Å²) in [4.78, 5) is 12.1. The summed E-state index contributed by atoms with van der Waals surface area (Å²) in [6, 6.07) is 18.5. The lowest BCUT2D eigenvalue weighted by Crippen LogP contribution is -2.30. The molecule has 1 aliphatic carbocycles. The molecule has 20 heavy (non-hydrogen) atoms. The van der Waals surface area contributed by atoms with E-state index in [-0.39, 0.29) is 17.9 Å². The van der Waals surface area contributed by atoms with Crippen LogP contribution in [0.25, 0.3) is 0 Å². The van der Waals surface area contributed by atoms with Gasteiger partial charge in [-0.15, -0.1) is 0 Å². The highest BCUT2D eigenvalue weighted by Crippen LogP contribution is 2.31. The number of hydrogen-bond donors (Lipinski definition) is 1. The molecule has 102 valence electrons. The molecule has 1 atom stereocenters. The average Bonchev–Trinajstić information content (AvgIpc) is 3.31. The number of hydrogen-bond acceptors (Lipinski definition) is 1. The van der Waals surface area contributed by atoms with Crippen molar-refractivity contribution in [3.05, 3.63) is 71.3 Å². The molecule has 1 aliphatic rings. The van der Waals surface area contributed by atoms with E-state index < -0.39 is 0 Å². The maximum Gasteiger partial charge on any atom is 0.223 e. The topological polar surface area (TPSA) is 29.1 Å². The Labute approximate surface area is 119 Å². The van der Waals surface area contributed by atoms with Crippen molar-refractivity contribution < 1.29 is 4.79 Å². The van der Waals surface area contributed by atoms with E-state index in [0.717, 1.165) is 24.0 Å².